The van der Waals surface area contributed by atoms with Gasteiger partial charge < -0.3 is 15.0 Å². The first-order valence-corrected chi connectivity index (χ1v) is 16.7. The van der Waals surface area contributed by atoms with Crippen LogP contribution in [0, 0.1) is 6.92 Å². The number of methoxy groups -OCH3 is 1. The van der Waals surface area contributed by atoms with E-state index in [1.165, 1.54) is 36.3 Å². The van der Waals surface area contributed by atoms with E-state index in [0.29, 0.717) is 5.75 Å². The standard InChI is InChI=1S/C36H40ClN3O5S/c1-26-14-12-13-17-28(26)24-39(32(35(42)38-36(2,3)4)22-27-15-8-6-9-16-27)34(41)25-40(29-20-21-33(45-5)31(37)23-29)46(43,44)30-18-10-7-11-19-30/h6-21,23,32H,22,24-25H2,1-5H3,(H,38,42)/t32-/m1/s1. The zero-order valence-electron chi connectivity index (χ0n) is 26.7. The first-order valence-electron chi connectivity index (χ1n) is 14.9. The molecule has 0 aromatic heterocycles. The van der Waals surface area contributed by atoms with Crippen LogP contribution >= 0.6 is 11.6 Å². The third-order valence-electron chi connectivity index (χ3n) is 7.40. The second-order valence-corrected chi connectivity index (χ2v) is 14.3. The number of hydrogen-bond donors (Lipinski definition) is 1. The lowest BCUT2D eigenvalue weighted by molar-refractivity contribution is -0.140. The lowest BCUT2D eigenvalue weighted by Gasteiger charge is -2.35. The predicted molar refractivity (Wildman–Crippen MR) is 183 cm³/mol. The van der Waals surface area contributed by atoms with E-state index in [1.807, 2.05) is 82.3 Å². The number of ether oxygens (including phenoxy) is 1. The van der Waals surface area contributed by atoms with Crippen molar-refractivity contribution in [2.24, 2.45) is 0 Å². The van der Waals surface area contributed by atoms with Gasteiger partial charge in [0.1, 0.15) is 18.3 Å². The zero-order valence-corrected chi connectivity index (χ0v) is 28.3. The normalized spacial score (nSPS) is 12.2. The fraction of sp³-hybridized carbons (Fsp3) is 0.278. The number of aryl methyl sites for hydroxylation is 1. The Morgan fingerprint density at radius 3 is 2.09 bits per heavy atom. The van der Waals surface area contributed by atoms with Crippen molar-refractivity contribution >= 4 is 39.1 Å². The molecule has 0 bridgehead atoms. The summed E-state index contributed by atoms with van der Waals surface area (Å²) in [4.78, 5) is 30.1. The minimum absolute atomic E-state index is 0.00602. The maximum Gasteiger partial charge on any atom is 0.264 e. The summed E-state index contributed by atoms with van der Waals surface area (Å²) in [5.74, 6) is -0.542. The number of halogens is 1. The number of rotatable bonds is 12. The highest BCUT2D eigenvalue weighted by molar-refractivity contribution is 7.92. The van der Waals surface area contributed by atoms with Crippen LogP contribution in [0.25, 0.3) is 0 Å². The molecule has 242 valence electrons. The summed E-state index contributed by atoms with van der Waals surface area (Å²) in [6.45, 7) is 7.06. The number of anilines is 1. The number of nitrogens with one attached hydrogen (secondary N) is 1. The van der Waals surface area contributed by atoms with E-state index in [2.05, 4.69) is 5.32 Å². The summed E-state index contributed by atoms with van der Waals surface area (Å²) in [6.07, 6.45) is 0.222. The molecule has 0 saturated carbocycles. The van der Waals surface area contributed by atoms with Gasteiger partial charge in [0.15, 0.2) is 0 Å². The number of amides is 2. The average molecular weight is 662 g/mol. The van der Waals surface area contributed by atoms with Crippen molar-refractivity contribution in [1.29, 1.82) is 0 Å². The van der Waals surface area contributed by atoms with Gasteiger partial charge in [-0.1, -0.05) is 84.4 Å². The Bertz CT molecular complexity index is 1760. The Kier molecular flexibility index (Phi) is 11.1. The molecule has 4 aromatic carbocycles. The minimum Gasteiger partial charge on any atom is -0.495 e. The van der Waals surface area contributed by atoms with Crippen LogP contribution in [0.1, 0.15) is 37.5 Å². The Morgan fingerprint density at radius 1 is 0.891 bits per heavy atom. The highest BCUT2D eigenvalue weighted by Gasteiger charge is 2.36. The molecule has 1 atom stereocenters. The topological polar surface area (TPSA) is 96.0 Å². The van der Waals surface area contributed by atoms with Crippen molar-refractivity contribution in [2.45, 2.75) is 57.1 Å². The average Bonchev–Trinajstić information content (AvgIpc) is 3.02. The van der Waals surface area contributed by atoms with E-state index in [1.54, 1.807) is 24.3 Å². The van der Waals surface area contributed by atoms with Gasteiger partial charge in [0.2, 0.25) is 11.8 Å². The zero-order chi connectivity index (χ0) is 33.5. The molecule has 0 spiro atoms. The van der Waals surface area contributed by atoms with E-state index in [-0.39, 0.29) is 34.5 Å². The van der Waals surface area contributed by atoms with Crippen molar-refractivity contribution in [3.63, 3.8) is 0 Å². The van der Waals surface area contributed by atoms with Crippen LogP contribution in [-0.2, 0) is 32.6 Å². The number of sulfonamides is 1. The molecule has 1 N–H and O–H groups in total. The Morgan fingerprint density at radius 2 is 1.50 bits per heavy atom. The van der Waals surface area contributed by atoms with Crippen LogP contribution in [0.3, 0.4) is 0 Å². The molecule has 0 aliphatic heterocycles. The van der Waals surface area contributed by atoms with E-state index >= 15 is 0 Å². The monoisotopic (exact) mass is 661 g/mol. The Labute approximate surface area is 277 Å². The molecule has 10 heteroatoms. The van der Waals surface area contributed by atoms with E-state index in [9.17, 15) is 18.0 Å². The van der Waals surface area contributed by atoms with Crippen LogP contribution in [0.15, 0.2) is 108 Å². The first kappa shape index (κ1) is 34.5. The van der Waals surface area contributed by atoms with Crippen LogP contribution in [-0.4, -0.2) is 50.4 Å². The second-order valence-electron chi connectivity index (χ2n) is 12.0. The molecule has 8 nitrogen and oxygen atoms in total. The number of carbonyl (C=O) groups is 2. The molecule has 0 aliphatic carbocycles. The van der Waals surface area contributed by atoms with Crippen molar-refractivity contribution in [3.05, 3.63) is 125 Å². The molecular formula is C36H40ClN3O5S. The largest absolute Gasteiger partial charge is 0.495 e. The fourth-order valence-corrected chi connectivity index (χ4v) is 6.72. The van der Waals surface area contributed by atoms with Gasteiger partial charge in [-0.05, 0) is 74.7 Å². The third-order valence-corrected chi connectivity index (χ3v) is 9.49. The Hall–Kier alpha value is -4.34. The highest BCUT2D eigenvalue weighted by Crippen LogP contribution is 2.32. The number of benzene rings is 4. The van der Waals surface area contributed by atoms with Gasteiger partial charge >= 0.3 is 0 Å². The van der Waals surface area contributed by atoms with Crippen LogP contribution in [0.4, 0.5) is 5.69 Å². The van der Waals surface area contributed by atoms with Crippen molar-refractivity contribution in [1.82, 2.24) is 10.2 Å². The van der Waals surface area contributed by atoms with Crippen LogP contribution < -0.4 is 14.4 Å². The lowest BCUT2D eigenvalue weighted by Crippen LogP contribution is -2.56. The van der Waals surface area contributed by atoms with Crippen LogP contribution in [0.5, 0.6) is 5.75 Å². The van der Waals surface area contributed by atoms with Gasteiger partial charge in [-0.2, -0.15) is 0 Å². The molecule has 46 heavy (non-hydrogen) atoms. The molecule has 0 aliphatic rings. The summed E-state index contributed by atoms with van der Waals surface area (Å²) in [7, 11) is -2.79. The first-order chi connectivity index (χ1) is 21.8. The summed E-state index contributed by atoms with van der Waals surface area (Å²) in [6, 6.07) is 28.5. The summed E-state index contributed by atoms with van der Waals surface area (Å²) in [5.41, 5.74) is 2.23. The summed E-state index contributed by atoms with van der Waals surface area (Å²) >= 11 is 6.44. The number of hydrogen-bond acceptors (Lipinski definition) is 5. The third kappa shape index (κ3) is 8.68. The van der Waals surface area contributed by atoms with E-state index in [0.717, 1.165) is 21.0 Å². The summed E-state index contributed by atoms with van der Waals surface area (Å²) in [5, 5.41) is 3.22. The van der Waals surface area contributed by atoms with Crippen LogP contribution in [0.2, 0.25) is 5.02 Å². The smallest absolute Gasteiger partial charge is 0.264 e. The van der Waals surface area contributed by atoms with Gasteiger partial charge in [0, 0.05) is 18.5 Å². The van der Waals surface area contributed by atoms with Gasteiger partial charge in [-0.15, -0.1) is 0 Å². The molecular weight excluding hydrogens is 622 g/mol. The SMILES string of the molecule is COc1ccc(N(CC(=O)N(Cc2ccccc2C)[C@H](Cc2ccccc2)C(=O)NC(C)(C)C)S(=O)(=O)c2ccccc2)cc1Cl. The number of nitrogens with zero attached hydrogens (tertiary/aromatic N) is 2. The maximum absolute atomic E-state index is 14.6. The molecule has 0 unspecified atom stereocenters. The molecule has 4 rings (SSSR count). The molecule has 4 aromatic rings. The highest BCUT2D eigenvalue weighted by atomic mass is 35.5. The van der Waals surface area contributed by atoms with Crippen molar-refractivity contribution in [3.8, 4) is 5.75 Å². The van der Waals surface area contributed by atoms with Gasteiger partial charge in [0.05, 0.1) is 22.7 Å². The predicted octanol–water partition coefficient (Wildman–Crippen LogP) is 6.41. The molecule has 2 amide bonds. The van der Waals surface area contributed by atoms with Gasteiger partial charge in [-0.25, -0.2) is 8.42 Å². The minimum atomic E-state index is -4.25. The van der Waals surface area contributed by atoms with Gasteiger partial charge in [-0.3, -0.25) is 13.9 Å². The number of carbonyl (C=O) groups excluding carboxylic acids is 2. The summed E-state index contributed by atoms with van der Waals surface area (Å²) < 4.78 is 34.6. The van der Waals surface area contributed by atoms with Crippen molar-refractivity contribution in [2.75, 3.05) is 18.0 Å². The molecule has 0 saturated heterocycles. The Balaban J connectivity index is 1.84. The van der Waals surface area contributed by atoms with E-state index < -0.39 is 34.1 Å². The van der Waals surface area contributed by atoms with Crippen molar-refractivity contribution < 1.29 is 22.7 Å². The van der Waals surface area contributed by atoms with Gasteiger partial charge in [0.25, 0.3) is 10.0 Å². The molecule has 0 fully saturated rings. The molecule has 0 radical (unpaired) electrons. The second kappa shape index (κ2) is 14.8. The quantitative estimate of drug-likeness (QED) is 0.189. The molecule has 0 heterocycles. The van der Waals surface area contributed by atoms with E-state index in [4.69, 9.17) is 16.3 Å². The lowest BCUT2D eigenvalue weighted by atomic mass is 10.00. The maximum atomic E-state index is 14.6. The fourth-order valence-electron chi connectivity index (χ4n) is 5.04.